The second kappa shape index (κ2) is 3.60. The summed E-state index contributed by atoms with van der Waals surface area (Å²) in [5.41, 5.74) is 5.72. The first-order valence-corrected chi connectivity index (χ1v) is 4.28. The molecule has 0 bridgehead atoms. The van der Waals surface area contributed by atoms with Gasteiger partial charge in [0.25, 0.3) is 0 Å². The molecule has 2 N–H and O–H groups in total. The van der Waals surface area contributed by atoms with Gasteiger partial charge >= 0.3 is 0 Å². The van der Waals surface area contributed by atoms with Gasteiger partial charge in [-0.25, -0.2) is 0 Å². The van der Waals surface area contributed by atoms with Crippen molar-refractivity contribution in [3.63, 3.8) is 0 Å². The molecule has 3 heteroatoms. The summed E-state index contributed by atoms with van der Waals surface area (Å²) in [6.07, 6.45) is 3.71. The van der Waals surface area contributed by atoms with Gasteiger partial charge in [0, 0.05) is 19.6 Å². The largest absolute Gasteiger partial charge is 0.370 e. The lowest BCUT2D eigenvalue weighted by molar-refractivity contribution is 0.375. The number of guanidine groups is 1. The minimum atomic E-state index is 0.638. The maximum Gasteiger partial charge on any atom is 0.191 e. The van der Waals surface area contributed by atoms with Crippen molar-refractivity contribution in [3.8, 4) is 0 Å². The molecule has 1 unspecified atom stereocenters. The zero-order valence-corrected chi connectivity index (χ0v) is 7.38. The Bertz CT molecular complexity index is 153. The number of aliphatic imine (C=N–C) groups is 1. The minimum absolute atomic E-state index is 0.638. The molecule has 11 heavy (non-hydrogen) atoms. The van der Waals surface area contributed by atoms with Crippen LogP contribution in [0.2, 0.25) is 0 Å². The third-order valence-corrected chi connectivity index (χ3v) is 2.37. The monoisotopic (exact) mass is 155 g/mol. The summed E-state index contributed by atoms with van der Waals surface area (Å²) in [5.74, 6) is 0.703. The van der Waals surface area contributed by atoms with Crippen molar-refractivity contribution < 1.29 is 0 Å². The molecule has 0 aromatic rings. The summed E-state index contributed by atoms with van der Waals surface area (Å²) >= 11 is 0. The number of hydrogen-bond donors (Lipinski definition) is 1. The predicted molar refractivity (Wildman–Crippen MR) is 47.6 cm³/mol. The van der Waals surface area contributed by atoms with E-state index in [4.69, 9.17) is 5.73 Å². The minimum Gasteiger partial charge on any atom is -0.370 e. The Balaban J connectivity index is 2.56. The van der Waals surface area contributed by atoms with Gasteiger partial charge in [-0.05, 0) is 19.3 Å². The topological polar surface area (TPSA) is 41.6 Å². The lowest BCUT2D eigenvalue weighted by Crippen LogP contribution is -2.40. The molecular formula is C8H17N3. The smallest absolute Gasteiger partial charge is 0.191 e. The Hall–Kier alpha value is -0.730. The molecule has 0 amide bonds. The third-order valence-electron chi connectivity index (χ3n) is 2.37. The van der Waals surface area contributed by atoms with Crippen molar-refractivity contribution in [2.24, 2.45) is 10.7 Å². The Kier molecular flexibility index (Phi) is 2.74. The van der Waals surface area contributed by atoms with E-state index in [1.807, 2.05) is 0 Å². The first-order chi connectivity index (χ1) is 5.29. The summed E-state index contributed by atoms with van der Waals surface area (Å²) < 4.78 is 0. The maximum atomic E-state index is 5.72. The molecule has 0 radical (unpaired) electrons. The second-order valence-electron chi connectivity index (χ2n) is 2.98. The first-order valence-electron chi connectivity index (χ1n) is 4.28. The summed E-state index contributed by atoms with van der Waals surface area (Å²) in [7, 11) is 1.75. The highest BCUT2D eigenvalue weighted by Gasteiger charge is 2.23. The first kappa shape index (κ1) is 8.37. The van der Waals surface area contributed by atoms with Crippen LogP contribution < -0.4 is 5.73 Å². The van der Waals surface area contributed by atoms with Crippen LogP contribution in [0.5, 0.6) is 0 Å². The van der Waals surface area contributed by atoms with Crippen molar-refractivity contribution in [1.29, 1.82) is 0 Å². The molecule has 3 nitrogen and oxygen atoms in total. The summed E-state index contributed by atoms with van der Waals surface area (Å²) in [5, 5.41) is 0. The van der Waals surface area contributed by atoms with Crippen LogP contribution in [0.25, 0.3) is 0 Å². The van der Waals surface area contributed by atoms with E-state index in [0.717, 1.165) is 6.54 Å². The molecule has 0 aliphatic carbocycles. The van der Waals surface area contributed by atoms with Crippen LogP contribution in [0.15, 0.2) is 4.99 Å². The van der Waals surface area contributed by atoms with Crippen LogP contribution in [0, 0.1) is 0 Å². The van der Waals surface area contributed by atoms with E-state index < -0.39 is 0 Å². The van der Waals surface area contributed by atoms with Crippen LogP contribution in [0.4, 0.5) is 0 Å². The van der Waals surface area contributed by atoms with Crippen molar-refractivity contribution >= 4 is 5.96 Å². The molecule has 1 atom stereocenters. The predicted octanol–water partition coefficient (Wildman–Crippen LogP) is 0.805. The Morgan fingerprint density at radius 1 is 1.73 bits per heavy atom. The fourth-order valence-electron chi connectivity index (χ4n) is 1.69. The van der Waals surface area contributed by atoms with Crippen molar-refractivity contribution in [3.05, 3.63) is 0 Å². The van der Waals surface area contributed by atoms with E-state index in [1.165, 1.54) is 19.3 Å². The van der Waals surface area contributed by atoms with Crippen molar-refractivity contribution in [2.45, 2.75) is 32.2 Å². The van der Waals surface area contributed by atoms with Gasteiger partial charge in [-0.3, -0.25) is 4.99 Å². The average Bonchev–Trinajstić information content (AvgIpc) is 2.50. The quantitative estimate of drug-likeness (QED) is 0.449. The van der Waals surface area contributed by atoms with Crippen LogP contribution in [0.1, 0.15) is 26.2 Å². The van der Waals surface area contributed by atoms with Gasteiger partial charge in [0.05, 0.1) is 0 Å². The lowest BCUT2D eigenvalue weighted by Gasteiger charge is -2.23. The lowest BCUT2D eigenvalue weighted by atomic mass is 10.2. The summed E-state index contributed by atoms with van der Waals surface area (Å²) in [6.45, 7) is 3.29. The second-order valence-corrected chi connectivity index (χ2v) is 2.98. The standard InChI is InChI=1S/C8H17N3/c1-3-7-5-4-6-11(7)8(9)10-2/h7H,3-6H2,1-2H3,(H2,9,10). The highest BCUT2D eigenvalue weighted by molar-refractivity contribution is 5.78. The summed E-state index contributed by atoms with van der Waals surface area (Å²) in [4.78, 5) is 6.20. The van der Waals surface area contributed by atoms with E-state index in [-0.39, 0.29) is 0 Å². The fraction of sp³-hybridized carbons (Fsp3) is 0.875. The van der Waals surface area contributed by atoms with Crippen LogP contribution in [-0.2, 0) is 0 Å². The van der Waals surface area contributed by atoms with Gasteiger partial charge < -0.3 is 10.6 Å². The molecule has 0 saturated carbocycles. The number of hydrogen-bond acceptors (Lipinski definition) is 1. The number of likely N-dealkylation sites (tertiary alicyclic amines) is 1. The van der Waals surface area contributed by atoms with Gasteiger partial charge in [-0.2, -0.15) is 0 Å². The fourth-order valence-corrected chi connectivity index (χ4v) is 1.69. The van der Waals surface area contributed by atoms with Crippen molar-refractivity contribution in [1.82, 2.24) is 4.90 Å². The van der Waals surface area contributed by atoms with E-state index in [1.54, 1.807) is 7.05 Å². The molecule has 1 rings (SSSR count). The van der Waals surface area contributed by atoms with Gasteiger partial charge in [-0.15, -0.1) is 0 Å². The molecule has 0 aromatic carbocycles. The van der Waals surface area contributed by atoms with E-state index in [0.29, 0.717) is 12.0 Å². The van der Waals surface area contributed by atoms with E-state index in [2.05, 4.69) is 16.8 Å². The molecule has 1 aliphatic heterocycles. The third kappa shape index (κ3) is 1.64. The van der Waals surface area contributed by atoms with Gasteiger partial charge in [0.2, 0.25) is 0 Å². The molecule has 0 spiro atoms. The molecule has 1 saturated heterocycles. The highest BCUT2D eigenvalue weighted by atomic mass is 15.3. The van der Waals surface area contributed by atoms with Crippen LogP contribution in [-0.4, -0.2) is 30.5 Å². The Morgan fingerprint density at radius 3 is 3.00 bits per heavy atom. The van der Waals surface area contributed by atoms with Gasteiger partial charge in [0.15, 0.2) is 5.96 Å². The molecule has 64 valence electrons. The molecule has 1 fully saturated rings. The Labute approximate surface area is 68.3 Å². The maximum absolute atomic E-state index is 5.72. The highest BCUT2D eigenvalue weighted by Crippen LogP contribution is 2.18. The number of nitrogens with two attached hydrogens (primary N) is 1. The molecule has 1 heterocycles. The Morgan fingerprint density at radius 2 is 2.45 bits per heavy atom. The molecule has 0 aromatic heterocycles. The summed E-state index contributed by atoms with van der Waals surface area (Å²) in [6, 6.07) is 0.638. The zero-order chi connectivity index (χ0) is 8.27. The van der Waals surface area contributed by atoms with Crippen LogP contribution in [0.3, 0.4) is 0 Å². The van der Waals surface area contributed by atoms with Crippen LogP contribution >= 0.6 is 0 Å². The zero-order valence-electron chi connectivity index (χ0n) is 7.38. The van der Waals surface area contributed by atoms with Crippen molar-refractivity contribution in [2.75, 3.05) is 13.6 Å². The average molecular weight is 155 g/mol. The van der Waals surface area contributed by atoms with Gasteiger partial charge in [0.1, 0.15) is 0 Å². The SMILES string of the molecule is CCC1CCCN1C(N)=NC. The number of rotatable bonds is 1. The van der Waals surface area contributed by atoms with Gasteiger partial charge in [-0.1, -0.05) is 6.92 Å². The normalized spacial score (nSPS) is 26.2. The van der Waals surface area contributed by atoms with E-state index >= 15 is 0 Å². The number of nitrogens with zero attached hydrogens (tertiary/aromatic N) is 2. The molecule has 1 aliphatic rings. The van der Waals surface area contributed by atoms with E-state index in [9.17, 15) is 0 Å². The molecular weight excluding hydrogens is 138 g/mol.